The fraction of sp³-hybridized carbons (Fsp3) is 0.588. The lowest BCUT2D eigenvalue weighted by atomic mass is 9.83. The summed E-state index contributed by atoms with van der Waals surface area (Å²) in [6.07, 6.45) is 4.78. The van der Waals surface area contributed by atoms with Crippen molar-refractivity contribution in [2.24, 2.45) is 0 Å². The number of nitrogens with one attached hydrogen (secondary N) is 1. The van der Waals surface area contributed by atoms with Gasteiger partial charge in [0.15, 0.2) is 9.84 Å². The molecule has 1 aliphatic carbocycles. The molecule has 0 spiro atoms. The van der Waals surface area contributed by atoms with Gasteiger partial charge >= 0.3 is 0 Å². The Balaban J connectivity index is 1.67. The molecule has 1 atom stereocenters. The fourth-order valence-corrected chi connectivity index (χ4v) is 4.98. The minimum absolute atomic E-state index is 0.00989. The topological polar surface area (TPSA) is 66.5 Å². The van der Waals surface area contributed by atoms with Crippen molar-refractivity contribution in [1.29, 1.82) is 0 Å². The molecule has 6 heteroatoms. The smallest absolute Gasteiger partial charge is 0.241 e. The van der Waals surface area contributed by atoms with Gasteiger partial charge in [0.05, 0.1) is 0 Å². The van der Waals surface area contributed by atoms with E-state index in [1.165, 1.54) is 6.26 Å². The lowest BCUT2D eigenvalue weighted by Gasteiger charge is -2.41. The molecule has 1 saturated heterocycles. The van der Waals surface area contributed by atoms with E-state index >= 15 is 0 Å². The monoisotopic (exact) mass is 336 g/mol. The molecule has 0 bridgehead atoms. The van der Waals surface area contributed by atoms with Gasteiger partial charge in [-0.25, -0.2) is 8.42 Å². The largest absolute Gasteiger partial charge is 0.369 e. The van der Waals surface area contributed by atoms with Gasteiger partial charge in [-0.1, -0.05) is 18.2 Å². The van der Waals surface area contributed by atoms with Crippen molar-refractivity contribution in [2.75, 3.05) is 24.2 Å². The summed E-state index contributed by atoms with van der Waals surface area (Å²) in [5.41, 5.74) is 1.15. The third-order valence-corrected chi connectivity index (χ3v) is 7.18. The summed E-state index contributed by atoms with van der Waals surface area (Å²) in [4.78, 5) is 14.8. The number of carbonyl (C=O) groups excluding carboxylic acids is 1. The van der Waals surface area contributed by atoms with Crippen LogP contribution in [-0.4, -0.2) is 44.5 Å². The van der Waals surface area contributed by atoms with Crippen molar-refractivity contribution in [2.45, 2.75) is 42.9 Å². The molecule has 1 unspecified atom stereocenters. The molecule has 5 nitrogen and oxygen atoms in total. The average Bonchev–Trinajstić information content (AvgIpc) is 2.45. The summed E-state index contributed by atoms with van der Waals surface area (Å²) in [5.74, 6) is -0.300. The zero-order valence-corrected chi connectivity index (χ0v) is 14.3. The molecule has 2 fully saturated rings. The van der Waals surface area contributed by atoms with Gasteiger partial charge in [-0.15, -0.1) is 0 Å². The molecule has 3 rings (SSSR count). The Kier molecular flexibility index (Phi) is 4.36. The van der Waals surface area contributed by atoms with E-state index in [9.17, 15) is 13.2 Å². The van der Waals surface area contributed by atoms with Gasteiger partial charge in [0.25, 0.3) is 0 Å². The molecular weight excluding hydrogens is 312 g/mol. The Bertz CT molecular complexity index is 668. The minimum atomic E-state index is -3.37. The number of amides is 1. The number of carbonyl (C=O) groups is 1. The maximum absolute atomic E-state index is 12.6. The zero-order chi connectivity index (χ0) is 16.5. The van der Waals surface area contributed by atoms with Crippen LogP contribution in [0.1, 0.15) is 32.1 Å². The molecule has 1 aromatic rings. The normalized spacial score (nSPS) is 23.9. The summed E-state index contributed by atoms with van der Waals surface area (Å²) >= 11 is 0. The van der Waals surface area contributed by atoms with E-state index in [1.54, 1.807) is 0 Å². The van der Waals surface area contributed by atoms with E-state index in [4.69, 9.17) is 0 Å². The van der Waals surface area contributed by atoms with Gasteiger partial charge in [-0.05, 0) is 44.2 Å². The van der Waals surface area contributed by atoms with E-state index < -0.39 is 14.6 Å². The van der Waals surface area contributed by atoms with E-state index in [0.29, 0.717) is 12.8 Å². The molecule has 2 aliphatic rings. The number of hydrogen-bond acceptors (Lipinski definition) is 4. The Labute approximate surface area is 138 Å². The van der Waals surface area contributed by atoms with E-state index in [1.807, 2.05) is 18.2 Å². The highest BCUT2D eigenvalue weighted by Gasteiger charge is 2.53. The molecule has 1 aromatic carbocycles. The summed E-state index contributed by atoms with van der Waals surface area (Å²) in [7, 11) is -3.37. The molecule has 23 heavy (non-hydrogen) atoms. The number of hydrogen-bond donors (Lipinski definition) is 1. The summed E-state index contributed by atoms with van der Waals surface area (Å²) in [5, 5.41) is 3.01. The second-order valence-corrected chi connectivity index (χ2v) is 9.04. The molecule has 0 aromatic heterocycles. The van der Waals surface area contributed by atoms with Crippen molar-refractivity contribution in [3.8, 4) is 0 Å². The third-order valence-electron chi connectivity index (χ3n) is 5.16. The molecule has 1 N–H and O–H groups in total. The Hall–Kier alpha value is -1.56. The number of piperidine rings is 1. The second-order valence-electron chi connectivity index (χ2n) is 6.71. The molecule has 1 heterocycles. The maximum Gasteiger partial charge on any atom is 0.241 e. The predicted molar refractivity (Wildman–Crippen MR) is 91.2 cm³/mol. The van der Waals surface area contributed by atoms with Crippen LogP contribution in [0.25, 0.3) is 0 Å². The Morgan fingerprint density at radius 1 is 1.22 bits per heavy atom. The van der Waals surface area contributed by atoms with Gasteiger partial charge < -0.3 is 10.2 Å². The van der Waals surface area contributed by atoms with Gasteiger partial charge in [0, 0.05) is 31.1 Å². The van der Waals surface area contributed by atoms with Crippen LogP contribution >= 0.6 is 0 Å². The first kappa shape index (κ1) is 16.3. The van der Waals surface area contributed by atoms with Crippen molar-refractivity contribution >= 4 is 21.4 Å². The van der Waals surface area contributed by atoms with Crippen LogP contribution in [0, 0.1) is 0 Å². The molecule has 1 amide bonds. The number of benzene rings is 1. The Morgan fingerprint density at radius 2 is 1.91 bits per heavy atom. The van der Waals surface area contributed by atoms with Crippen LogP contribution in [0.3, 0.4) is 0 Å². The number of nitrogens with zero attached hydrogens (tertiary/aromatic N) is 1. The van der Waals surface area contributed by atoms with Crippen molar-refractivity contribution in [1.82, 2.24) is 5.32 Å². The molecule has 0 radical (unpaired) electrons. The fourth-order valence-electron chi connectivity index (χ4n) is 3.55. The number of sulfone groups is 1. The Morgan fingerprint density at radius 3 is 2.48 bits per heavy atom. The lowest BCUT2D eigenvalue weighted by molar-refractivity contribution is -0.126. The SMILES string of the molecule is CS(=O)(=O)C1(C(=O)NC2CCCN(c3ccccc3)C2)CCC1. The van der Waals surface area contributed by atoms with Gasteiger partial charge in [-0.3, -0.25) is 4.79 Å². The summed E-state index contributed by atoms with van der Waals surface area (Å²) in [6.45, 7) is 1.70. The van der Waals surface area contributed by atoms with Crippen LogP contribution in [0.15, 0.2) is 30.3 Å². The highest BCUT2D eigenvalue weighted by Crippen LogP contribution is 2.39. The first-order valence-electron chi connectivity index (χ1n) is 8.23. The maximum atomic E-state index is 12.6. The van der Waals surface area contributed by atoms with Crippen LogP contribution in [-0.2, 0) is 14.6 Å². The van der Waals surface area contributed by atoms with Crippen LogP contribution < -0.4 is 10.2 Å². The van der Waals surface area contributed by atoms with Crippen LogP contribution in [0.4, 0.5) is 5.69 Å². The molecule has 1 aliphatic heterocycles. The number of para-hydroxylation sites is 1. The highest BCUT2D eigenvalue weighted by molar-refractivity contribution is 7.93. The van der Waals surface area contributed by atoms with Crippen molar-refractivity contribution in [3.63, 3.8) is 0 Å². The van der Waals surface area contributed by atoms with Gasteiger partial charge in [0.1, 0.15) is 4.75 Å². The predicted octanol–water partition coefficient (Wildman–Crippen LogP) is 1.74. The lowest BCUT2D eigenvalue weighted by Crippen LogP contribution is -2.60. The van der Waals surface area contributed by atoms with Gasteiger partial charge in [-0.2, -0.15) is 0 Å². The van der Waals surface area contributed by atoms with Crippen LogP contribution in [0.2, 0.25) is 0 Å². The zero-order valence-electron chi connectivity index (χ0n) is 13.5. The van der Waals surface area contributed by atoms with E-state index in [2.05, 4.69) is 22.3 Å². The quantitative estimate of drug-likeness (QED) is 0.909. The first-order valence-corrected chi connectivity index (χ1v) is 10.1. The molecule has 126 valence electrons. The first-order chi connectivity index (χ1) is 10.9. The van der Waals surface area contributed by atoms with Gasteiger partial charge in [0.2, 0.25) is 5.91 Å². The van der Waals surface area contributed by atoms with Crippen molar-refractivity contribution in [3.05, 3.63) is 30.3 Å². The van der Waals surface area contributed by atoms with Crippen LogP contribution in [0.5, 0.6) is 0 Å². The average molecular weight is 336 g/mol. The standard InChI is InChI=1S/C17H24N2O3S/c1-23(21,22)17(10-6-11-17)16(20)18-14-7-5-12-19(13-14)15-8-3-2-4-9-15/h2-4,8-9,14H,5-7,10-13H2,1H3,(H,18,20). The van der Waals surface area contributed by atoms with Crippen molar-refractivity contribution < 1.29 is 13.2 Å². The van der Waals surface area contributed by atoms with E-state index in [-0.39, 0.29) is 11.9 Å². The summed E-state index contributed by atoms with van der Waals surface area (Å²) < 4.78 is 22.9. The van der Waals surface area contributed by atoms with E-state index in [0.717, 1.165) is 38.0 Å². The third kappa shape index (κ3) is 3.09. The molecule has 1 saturated carbocycles. The number of rotatable bonds is 4. The molecular formula is C17H24N2O3S. The second kappa shape index (κ2) is 6.15. The summed E-state index contributed by atoms with van der Waals surface area (Å²) in [6, 6.07) is 10.1. The minimum Gasteiger partial charge on any atom is -0.369 e. The number of anilines is 1. The highest BCUT2D eigenvalue weighted by atomic mass is 32.2.